The summed E-state index contributed by atoms with van der Waals surface area (Å²) in [5, 5.41) is 15.6. The number of ether oxygens (including phenoxy) is 2. The normalized spacial score (nSPS) is 17.7. The third kappa shape index (κ3) is 3.64. The van der Waals surface area contributed by atoms with Crippen LogP contribution in [-0.2, 0) is 37.8 Å². The molecule has 1 aromatic carbocycles. The van der Waals surface area contributed by atoms with E-state index >= 15 is 0 Å². The largest absolute Gasteiger partial charge is 0.457 e. The number of nitro benzene ring substituents is 1. The highest BCUT2D eigenvalue weighted by molar-refractivity contribution is 6.03. The first kappa shape index (κ1) is 24.4. The van der Waals surface area contributed by atoms with E-state index in [1.807, 2.05) is 13.8 Å². The van der Waals surface area contributed by atoms with E-state index in [9.17, 15) is 24.5 Å². The van der Waals surface area contributed by atoms with Gasteiger partial charge in [0.15, 0.2) is 0 Å². The highest BCUT2D eigenvalue weighted by Crippen LogP contribution is 2.44. The fourth-order valence-electron chi connectivity index (χ4n) is 5.17. The number of rotatable bonds is 6. The summed E-state index contributed by atoms with van der Waals surface area (Å²) < 4.78 is 12.3. The maximum absolute atomic E-state index is 13.7. The van der Waals surface area contributed by atoms with Crippen LogP contribution in [0, 0.1) is 16.0 Å². The van der Waals surface area contributed by atoms with Gasteiger partial charge in [-0.15, -0.1) is 0 Å². The van der Waals surface area contributed by atoms with Crippen LogP contribution in [0.25, 0.3) is 22.3 Å². The lowest BCUT2D eigenvalue weighted by Gasteiger charge is -2.35. The SMILES string of the molecule is CC[C@@]1(OC(C)=O)C(=O)OCc2c1cc1n(c2=O)Cc2c-1nc1cccc([N+](=O)[O-])c1c2NCC(C)C. The van der Waals surface area contributed by atoms with Crippen LogP contribution in [0.4, 0.5) is 11.4 Å². The van der Waals surface area contributed by atoms with Gasteiger partial charge in [0.1, 0.15) is 12.0 Å². The minimum atomic E-state index is -1.74. The zero-order chi connectivity index (χ0) is 26.6. The molecule has 1 N–H and O–H groups in total. The predicted molar refractivity (Wildman–Crippen MR) is 134 cm³/mol. The minimum Gasteiger partial charge on any atom is -0.457 e. The molecule has 192 valence electrons. The van der Waals surface area contributed by atoms with Crippen molar-refractivity contribution in [2.24, 2.45) is 5.92 Å². The number of nitrogens with zero attached hydrogens (tertiary/aromatic N) is 3. The Balaban J connectivity index is 1.81. The first-order valence-electron chi connectivity index (χ1n) is 12.1. The lowest BCUT2D eigenvalue weighted by atomic mass is 9.85. The fourth-order valence-corrected chi connectivity index (χ4v) is 5.17. The topological polar surface area (TPSA) is 143 Å². The number of cyclic esters (lactones) is 1. The molecule has 0 unspecified atom stereocenters. The number of nitro groups is 1. The van der Waals surface area contributed by atoms with Crippen LogP contribution in [0.3, 0.4) is 0 Å². The summed E-state index contributed by atoms with van der Waals surface area (Å²) >= 11 is 0. The Bertz CT molecular complexity index is 1560. The van der Waals surface area contributed by atoms with Crippen LogP contribution in [0.2, 0.25) is 0 Å². The Kier molecular flexibility index (Phi) is 5.73. The van der Waals surface area contributed by atoms with Gasteiger partial charge in [-0.2, -0.15) is 0 Å². The molecule has 2 aromatic heterocycles. The second kappa shape index (κ2) is 8.68. The maximum Gasteiger partial charge on any atom is 0.355 e. The van der Waals surface area contributed by atoms with E-state index in [1.165, 1.54) is 17.6 Å². The van der Waals surface area contributed by atoms with Gasteiger partial charge in [0.25, 0.3) is 11.2 Å². The summed E-state index contributed by atoms with van der Waals surface area (Å²) in [6.45, 7) is 7.36. The van der Waals surface area contributed by atoms with Gasteiger partial charge in [-0.1, -0.05) is 26.8 Å². The lowest BCUT2D eigenvalue weighted by Crippen LogP contribution is -2.47. The van der Waals surface area contributed by atoms with Crippen molar-refractivity contribution in [3.8, 4) is 11.4 Å². The molecular weight excluding hydrogens is 480 g/mol. The molecule has 37 heavy (non-hydrogen) atoms. The number of pyridine rings is 2. The summed E-state index contributed by atoms with van der Waals surface area (Å²) in [7, 11) is 0. The summed E-state index contributed by atoms with van der Waals surface area (Å²) in [5.41, 5.74) is 0.807. The standard InChI is InChI=1S/C26H26N4O7/c1-5-26(37-14(4)31)17-9-20-22-15(11-29(20)24(32)16(17)12-36-25(26)33)23(27-10-13(2)3)21-18(28-22)7-6-8-19(21)30(34)35/h6-9,13H,5,10-12H2,1-4H3,(H,27,28)/t26-/m0/s1. The molecule has 0 spiro atoms. The van der Waals surface area contributed by atoms with Crippen molar-refractivity contribution in [3.05, 3.63) is 61.4 Å². The molecule has 0 saturated heterocycles. The Morgan fingerprint density at radius 2 is 2.08 bits per heavy atom. The smallest absolute Gasteiger partial charge is 0.355 e. The quantitative estimate of drug-likeness (QED) is 0.236. The molecular formula is C26H26N4O7. The van der Waals surface area contributed by atoms with Crippen LogP contribution in [0.1, 0.15) is 50.8 Å². The molecule has 2 aliphatic heterocycles. The number of benzene rings is 1. The zero-order valence-electron chi connectivity index (χ0n) is 20.9. The molecule has 5 rings (SSSR count). The van der Waals surface area contributed by atoms with Crippen molar-refractivity contribution in [3.63, 3.8) is 0 Å². The van der Waals surface area contributed by atoms with Crippen molar-refractivity contribution >= 4 is 34.2 Å². The third-order valence-corrected chi connectivity index (χ3v) is 6.86. The van der Waals surface area contributed by atoms with Crippen molar-refractivity contribution in [2.45, 2.75) is 52.9 Å². The second-order valence-electron chi connectivity index (χ2n) is 9.68. The van der Waals surface area contributed by atoms with Gasteiger partial charge in [-0.25, -0.2) is 9.78 Å². The molecule has 0 fully saturated rings. The molecule has 0 aliphatic carbocycles. The molecule has 3 aromatic rings. The average molecular weight is 507 g/mol. The van der Waals surface area contributed by atoms with E-state index in [-0.39, 0.29) is 42.3 Å². The Morgan fingerprint density at radius 1 is 1.32 bits per heavy atom. The fraction of sp³-hybridized carbons (Fsp3) is 0.385. The molecule has 0 saturated carbocycles. The van der Waals surface area contributed by atoms with Gasteiger partial charge in [0.2, 0.25) is 5.60 Å². The number of esters is 2. The molecule has 2 aliphatic rings. The van der Waals surface area contributed by atoms with Crippen LogP contribution in [0.5, 0.6) is 0 Å². The van der Waals surface area contributed by atoms with E-state index in [0.717, 1.165) is 0 Å². The molecule has 0 bridgehead atoms. The van der Waals surface area contributed by atoms with Crippen LogP contribution >= 0.6 is 0 Å². The summed E-state index contributed by atoms with van der Waals surface area (Å²) in [6, 6.07) is 6.36. The first-order chi connectivity index (χ1) is 17.6. The van der Waals surface area contributed by atoms with Crippen molar-refractivity contribution in [1.29, 1.82) is 0 Å². The number of hydrogen-bond donors (Lipinski definition) is 1. The van der Waals surface area contributed by atoms with Crippen LogP contribution in [-0.4, -0.2) is 33.0 Å². The molecule has 11 nitrogen and oxygen atoms in total. The minimum absolute atomic E-state index is 0.0761. The number of carbonyl (C=O) groups is 2. The van der Waals surface area contributed by atoms with E-state index < -0.39 is 28.0 Å². The molecule has 0 radical (unpaired) electrons. The zero-order valence-corrected chi connectivity index (χ0v) is 20.9. The number of carbonyl (C=O) groups excluding carboxylic acids is 2. The van der Waals surface area contributed by atoms with E-state index in [0.29, 0.717) is 40.1 Å². The predicted octanol–water partition coefficient (Wildman–Crippen LogP) is 3.63. The molecule has 11 heteroatoms. The molecule has 0 amide bonds. The Labute approximate surface area is 211 Å². The van der Waals surface area contributed by atoms with Crippen molar-refractivity contribution in [1.82, 2.24) is 9.55 Å². The van der Waals surface area contributed by atoms with Crippen LogP contribution < -0.4 is 10.9 Å². The summed E-state index contributed by atoms with van der Waals surface area (Å²) in [5.74, 6) is -1.16. The summed E-state index contributed by atoms with van der Waals surface area (Å²) in [6.07, 6.45) is 0.0761. The lowest BCUT2D eigenvalue weighted by molar-refractivity contribution is -0.383. The third-order valence-electron chi connectivity index (χ3n) is 6.86. The monoisotopic (exact) mass is 506 g/mol. The van der Waals surface area contributed by atoms with Crippen molar-refractivity contribution in [2.75, 3.05) is 11.9 Å². The van der Waals surface area contributed by atoms with Gasteiger partial charge in [0, 0.05) is 30.7 Å². The Morgan fingerprint density at radius 3 is 2.73 bits per heavy atom. The van der Waals surface area contributed by atoms with Crippen LogP contribution in [0.15, 0.2) is 29.1 Å². The number of non-ortho nitro benzene ring substituents is 1. The first-order valence-corrected chi connectivity index (χ1v) is 12.1. The van der Waals surface area contributed by atoms with Gasteiger partial charge >= 0.3 is 11.9 Å². The average Bonchev–Trinajstić information content (AvgIpc) is 3.21. The molecule has 4 heterocycles. The number of hydrogen-bond acceptors (Lipinski definition) is 9. The Hall–Kier alpha value is -4.28. The van der Waals surface area contributed by atoms with Gasteiger partial charge in [-0.05, 0) is 24.5 Å². The van der Waals surface area contributed by atoms with Crippen molar-refractivity contribution < 1.29 is 24.0 Å². The van der Waals surface area contributed by atoms with E-state index in [1.54, 1.807) is 25.1 Å². The summed E-state index contributed by atoms with van der Waals surface area (Å²) in [4.78, 5) is 54.7. The van der Waals surface area contributed by atoms with E-state index in [2.05, 4.69) is 5.32 Å². The number of aromatic nitrogens is 2. The number of nitrogens with one attached hydrogen (secondary N) is 1. The van der Waals surface area contributed by atoms with Gasteiger partial charge < -0.3 is 19.4 Å². The maximum atomic E-state index is 13.7. The van der Waals surface area contributed by atoms with Gasteiger partial charge in [-0.3, -0.25) is 19.7 Å². The number of anilines is 1. The highest BCUT2D eigenvalue weighted by atomic mass is 16.6. The van der Waals surface area contributed by atoms with Gasteiger partial charge in [0.05, 0.1) is 39.6 Å². The highest BCUT2D eigenvalue weighted by Gasteiger charge is 2.50. The van der Waals surface area contributed by atoms with E-state index in [4.69, 9.17) is 14.5 Å². The second-order valence-corrected chi connectivity index (χ2v) is 9.68. The molecule has 1 atom stereocenters. The number of fused-ring (bicyclic) bond motifs is 5.